The average Bonchev–Trinajstić information content (AvgIpc) is 2.50. The normalized spacial score (nSPS) is 10.7. The zero-order chi connectivity index (χ0) is 13.3. The second-order valence-electron chi connectivity index (χ2n) is 3.86. The molecule has 0 fully saturated rings. The van der Waals surface area contributed by atoms with Gasteiger partial charge in [-0.05, 0) is 22.9 Å². The second kappa shape index (κ2) is 5.06. The van der Waals surface area contributed by atoms with Gasteiger partial charge in [0.05, 0.1) is 15.9 Å². The summed E-state index contributed by atoms with van der Waals surface area (Å²) in [4.78, 5) is 0. The van der Waals surface area contributed by atoms with Gasteiger partial charge in [-0.25, -0.2) is 8.78 Å². The van der Waals surface area contributed by atoms with E-state index in [2.05, 4.69) is 21.0 Å². The van der Waals surface area contributed by atoms with Crippen LogP contribution in [0.2, 0.25) is 0 Å². The Labute approximate surface area is 112 Å². The second-order valence-corrected chi connectivity index (χ2v) is 4.66. The predicted molar refractivity (Wildman–Crippen MR) is 66.3 cm³/mol. The number of nitrogens with zero attached hydrogens (tertiary/aromatic N) is 2. The number of aryl methyl sites for hydroxylation is 2. The predicted octanol–water partition coefficient (Wildman–Crippen LogP) is 3.35. The van der Waals surface area contributed by atoms with E-state index in [1.807, 2.05) is 6.92 Å². The van der Waals surface area contributed by atoms with Crippen LogP contribution in [0.25, 0.3) is 0 Å². The Kier molecular flexibility index (Phi) is 3.65. The quantitative estimate of drug-likeness (QED) is 0.868. The minimum atomic E-state index is -0.662. The summed E-state index contributed by atoms with van der Waals surface area (Å²) in [5, 5.41) is 4.20. The number of rotatable bonds is 3. The molecule has 0 saturated carbocycles. The molecule has 0 aliphatic rings. The Hall–Kier alpha value is -1.43. The fourth-order valence-electron chi connectivity index (χ4n) is 1.60. The zero-order valence-electron chi connectivity index (χ0n) is 9.88. The van der Waals surface area contributed by atoms with Gasteiger partial charge in [0.2, 0.25) is 0 Å². The van der Waals surface area contributed by atoms with E-state index in [9.17, 15) is 8.78 Å². The van der Waals surface area contributed by atoms with Crippen LogP contribution in [0.15, 0.2) is 22.7 Å². The van der Waals surface area contributed by atoms with Gasteiger partial charge in [-0.1, -0.05) is 0 Å². The molecule has 0 saturated heterocycles. The number of hydrogen-bond donors (Lipinski definition) is 0. The Bertz CT molecular complexity index is 563. The third-order valence-electron chi connectivity index (χ3n) is 2.47. The van der Waals surface area contributed by atoms with Gasteiger partial charge in [-0.15, -0.1) is 0 Å². The Balaban J connectivity index is 2.16. The third kappa shape index (κ3) is 2.69. The molecule has 96 valence electrons. The van der Waals surface area contributed by atoms with Gasteiger partial charge in [0.1, 0.15) is 24.0 Å². The molecule has 0 radical (unpaired) electrons. The van der Waals surface area contributed by atoms with Crippen LogP contribution in [0, 0.1) is 18.6 Å². The molecule has 0 spiro atoms. The van der Waals surface area contributed by atoms with Crippen LogP contribution in [-0.2, 0) is 13.7 Å². The van der Waals surface area contributed by atoms with Gasteiger partial charge in [0.25, 0.3) is 0 Å². The molecule has 0 N–H and O–H groups in total. The first kappa shape index (κ1) is 13.0. The van der Waals surface area contributed by atoms with Crippen molar-refractivity contribution < 1.29 is 13.5 Å². The summed E-state index contributed by atoms with van der Waals surface area (Å²) in [5.74, 6) is -1.17. The van der Waals surface area contributed by atoms with E-state index < -0.39 is 11.6 Å². The molecule has 6 heteroatoms. The van der Waals surface area contributed by atoms with Crippen molar-refractivity contribution in [2.45, 2.75) is 13.5 Å². The van der Waals surface area contributed by atoms with Crippen LogP contribution in [-0.4, -0.2) is 9.78 Å². The molecule has 3 nitrogen and oxygen atoms in total. The number of hydrogen-bond acceptors (Lipinski definition) is 2. The number of ether oxygens (including phenoxy) is 1. The highest BCUT2D eigenvalue weighted by Gasteiger charge is 2.11. The fraction of sp³-hybridized carbons (Fsp3) is 0.250. The fourth-order valence-corrected chi connectivity index (χ4v) is 2.05. The molecule has 1 heterocycles. The Morgan fingerprint density at radius 2 is 1.89 bits per heavy atom. The van der Waals surface area contributed by atoms with Crippen molar-refractivity contribution in [2.24, 2.45) is 7.05 Å². The van der Waals surface area contributed by atoms with Gasteiger partial charge >= 0.3 is 0 Å². The molecule has 0 aliphatic heterocycles. The van der Waals surface area contributed by atoms with Crippen LogP contribution >= 0.6 is 15.9 Å². The maximum atomic E-state index is 13.0. The Morgan fingerprint density at radius 1 is 1.28 bits per heavy atom. The molecule has 1 aromatic heterocycles. The highest BCUT2D eigenvalue weighted by atomic mass is 79.9. The molecule has 1 aromatic carbocycles. The van der Waals surface area contributed by atoms with Gasteiger partial charge < -0.3 is 4.74 Å². The third-order valence-corrected chi connectivity index (χ3v) is 3.50. The molecule has 0 unspecified atom stereocenters. The van der Waals surface area contributed by atoms with Crippen LogP contribution in [0.1, 0.15) is 11.4 Å². The minimum absolute atomic E-state index is 0.151. The first-order valence-electron chi connectivity index (χ1n) is 5.24. The summed E-state index contributed by atoms with van der Waals surface area (Å²) in [6.07, 6.45) is 0. The monoisotopic (exact) mass is 316 g/mol. The SMILES string of the molecule is Cc1nn(C)c(COc2cc(F)cc(F)c2)c1Br. The first-order chi connectivity index (χ1) is 8.47. The Morgan fingerprint density at radius 3 is 2.39 bits per heavy atom. The lowest BCUT2D eigenvalue weighted by Crippen LogP contribution is -2.04. The maximum Gasteiger partial charge on any atom is 0.131 e. The van der Waals surface area contributed by atoms with Gasteiger partial charge in [-0.2, -0.15) is 5.10 Å². The lowest BCUT2D eigenvalue weighted by molar-refractivity contribution is 0.291. The zero-order valence-corrected chi connectivity index (χ0v) is 11.5. The van der Waals surface area contributed by atoms with Gasteiger partial charge in [-0.3, -0.25) is 4.68 Å². The topological polar surface area (TPSA) is 27.1 Å². The van der Waals surface area contributed by atoms with E-state index in [0.717, 1.165) is 34.1 Å². The van der Waals surface area contributed by atoms with Crippen molar-refractivity contribution in [3.8, 4) is 5.75 Å². The van der Waals surface area contributed by atoms with E-state index in [1.54, 1.807) is 11.7 Å². The highest BCUT2D eigenvalue weighted by molar-refractivity contribution is 9.10. The lowest BCUT2D eigenvalue weighted by atomic mass is 10.3. The standard InChI is InChI=1S/C12H11BrF2N2O/c1-7-12(13)11(17(2)16-7)6-18-10-4-8(14)3-9(15)5-10/h3-5H,6H2,1-2H3. The molecule has 18 heavy (non-hydrogen) atoms. The number of benzene rings is 1. The van der Waals surface area contributed by atoms with Crippen molar-refractivity contribution in [1.82, 2.24) is 9.78 Å². The van der Waals surface area contributed by atoms with Crippen molar-refractivity contribution >= 4 is 15.9 Å². The number of aromatic nitrogens is 2. The summed E-state index contributed by atoms with van der Waals surface area (Å²) < 4.78 is 33.8. The van der Waals surface area contributed by atoms with Crippen molar-refractivity contribution in [3.05, 3.63) is 45.7 Å². The molecular formula is C12H11BrF2N2O. The van der Waals surface area contributed by atoms with E-state index >= 15 is 0 Å². The first-order valence-corrected chi connectivity index (χ1v) is 6.03. The van der Waals surface area contributed by atoms with Crippen LogP contribution in [0.5, 0.6) is 5.75 Å². The van der Waals surface area contributed by atoms with E-state index in [-0.39, 0.29) is 12.4 Å². The number of halogens is 3. The van der Waals surface area contributed by atoms with Gasteiger partial charge in [0.15, 0.2) is 0 Å². The molecule has 2 rings (SSSR count). The molecule has 0 aliphatic carbocycles. The van der Waals surface area contributed by atoms with Crippen LogP contribution < -0.4 is 4.74 Å². The summed E-state index contributed by atoms with van der Waals surface area (Å²) in [7, 11) is 1.78. The maximum absolute atomic E-state index is 13.0. The smallest absolute Gasteiger partial charge is 0.131 e. The van der Waals surface area contributed by atoms with Crippen LogP contribution in [0.3, 0.4) is 0 Å². The summed E-state index contributed by atoms with van der Waals surface area (Å²) >= 11 is 3.39. The largest absolute Gasteiger partial charge is 0.487 e. The van der Waals surface area contributed by atoms with Crippen molar-refractivity contribution in [3.63, 3.8) is 0 Å². The summed E-state index contributed by atoms with van der Waals surface area (Å²) in [6.45, 7) is 2.04. The van der Waals surface area contributed by atoms with Crippen LogP contribution in [0.4, 0.5) is 8.78 Å². The molecule has 0 atom stereocenters. The molecular weight excluding hydrogens is 306 g/mol. The minimum Gasteiger partial charge on any atom is -0.487 e. The summed E-state index contributed by atoms with van der Waals surface area (Å²) in [6, 6.07) is 3.08. The van der Waals surface area contributed by atoms with E-state index in [0.29, 0.717) is 0 Å². The van der Waals surface area contributed by atoms with Crippen molar-refractivity contribution in [1.29, 1.82) is 0 Å². The molecule has 2 aromatic rings. The van der Waals surface area contributed by atoms with E-state index in [1.165, 1.54) is 0 Å². The lowest BCUT2D eigenvalue weighted by Gasteiger charge is -2.07. The highest BCUT2D eigenvalue weighted by Crippen LogP contribution is 2.23. The average molecular weight is 317 g/mol. The summed E-state index contributed by atoms with van der Waals surface area (Å²) in [5.41, 5.74) is 1.64. The molecule has 0 amide bonds. The van der Waals surface area contributed by atoms with E-state index in [4.69, 9.17) is 4.74 Å². The van der Waals surface area contributed by atoms with Gasteiger partial charge in [0, 0.05) is 25.2 Å². The molecule has 0 bridgehead atoms. The van der Waals surface area contributed by atoms with Crippen molar-refractivity contribution in [2.75, 3.05) is 0 Å².